The average molecular weight is 435 g/mol. The fourth-order valence-corrected chi connectivity index (χ4v) is 3.29. The van der Waals surface area contributed by atoms with Gasteiger partial charge in [-0.25, -0.2) is 9.98 Å². The molecule has 1 aliphatic rings. The summed E-state index contributed by atoms with van der Waals surface area (Å²) in [6.07, 6.45) is 4.87. The summed E-state index contributed by atoms with van der Waals surface area (Å²) < 4.78 is 12.0. The smallest absolute Gasteiger partial charge is 0.260 e. The molecule has 0 fully saturated rings. The molecule has 0 bridgehead atoms. The number of ether oxygens (including phenoxy) is 2. The van der Waals surface area contributed by atoms with Gasteiger partial charge in [-0.05, 0) is 45.9 Å². The molecule has 3 heterocycles. The van der Waals surface area contributed by atoms with E-state index in [0.29, 0.717) is 40.5 Å². The van der Waals surface area contributed by atoms with Crippen molar-refractivity contribution in [2.45, 2.75) is 39.8 Å². The number of carbonyl (C=O) groups excluding carboxylic acids is 1. The second kappa shape index (κ2) is 8.67. The van der Waals surface area contributed by atoms with Crippen LogP contribution < -0.4 is 4.90 Å². The van der Waals surface area contributed by atoms with Crippen LogP contribution in [0.2, 0.25) is 0 Å². The van der Waals surface area contributed by atoms with Crippen LogP contribution in [-0.4, -0.2) is 41.1 Å². The van der Waals surface area contributed by atoms with Crippen molar-refractivity contribution < 1.29 is 14.3 Å². The van der Waals surface area contributed by atoms with E-state index in [1.807, 2.05) is 19.9 Å². The zero-order valence-electron chi connectivity index (χ0n) is 19.1. The van der Waals surface area contributed by atoms with Gasteiger partial charge in [-0.1, -0.05) is 0 Å². The number of nitriles is 1. The number of hydrogen-bond donors (Lipinski definition) is 0. The van der Waals surface area contributed by atoms with E-state index >= 15 is 0 Å². The van der Waals surface area contributed by atoms with Crippen molar-refractivity contribution >= 4 is 23.4 Å². The highest BCUT2D eigenvalue weighted by Gasteiger charge is 2.33. The van der Waals surface area contributed by atoms with Crippen LogP contribution in [0.5, 0.6) is 0 Å². The molecule has 0 saturated carbocycles. The molecule has 0 atom stereocenters. The number of aromatic nitrogens is 3. The van der Waals surface area contributed by atoms with Crippen molar-refractivity contribution in [2.75, 3.05) is 19.1 Å². The summed E-state index contributed by atoms with van der Waals surface area (Å²) in [5, 5.41) is 13.6. The van der Waals surface area contributed by atoms with Gasteiger partial charge in [0.05, 0.1) is 67.4 Å². The highest BCUT2D eigenvalue weighted by molar-refractivity contribution is 6.12. The zero-order valence-corrected chi connectivity index (χ0v) is 19.1. The van der Waals surface area contributed by atoms with Crippen molar-refractivity contribution in [3.05, 3.63) is 59.2 Å². The Hall–Kier alpha value is -3.93. The maximum Gasteiger partial charge on any atom is 0.260 e. The van der Waals surface area contributed by atoms with Gasteiger partial charge >= 0.3 is 0 Å². The molecule has 0 unspecified atom stereocenters. The maximum atomic E-state index is 13.2. The molecule has 32 heavy (non-hydrogen) atoms. The topological polar surface area (TPSA) is 106 Å². The summed E-state index contributed by atoms with van der Waals surface area (Å²) in [5.41, 5.74) is 3.08. The Morgan fingerprint density at radius 2 is 2.09 bits per heavy atom. The lowest BCUT2D eigenvalue weighted by Gasteiger charge is -2.16. The Morgan fingerprint density at radius 3 is 2.72 bits per heavy atom. The molecule has 0 N–H and O–H groups in total. The van der Waals surface area contributed by atoms with Gasteiger partial charge in [0, 0.05) is 6.21 Å². The molecule has 9 nitrogen and oxygen atoms in total. The lowest BCUT2D eigenvalue weighted by molar-refractivity contribution is 0.0996. The van der Waals surface area contributed by atoms with Crippen LogP contribution >= 0.6 is 0 Å². The van der Waals surface area contributed by atoms with E-state index in [9.17, 15) is 10.1 Å². The number of hydrogen-bond acceptors (Lipinski definition) is 7. The molecular weight excluding hydrogens is 408 g/mol. The molecule has 3 rings (SSSR count). The number of aliphatic imine (C=N–C) groups is 1. The monoisotopic (exact) mass is 434 g/mol. The summed E-state index contributed by atoms with van der Waals surface area (Å²) >= 11 is 0. The Kier molecular flexibility index (Phi) is 6.16. The molecule has 1 aliphatic heterocycles. The third kappa shape index (κ3) is 4.12. The van der Waals surface area contributed by atoms with Gasteiger partial charge in [0.2, 0.25) is 5.88 Å². The molecule has 0 aromatic carbocycles. The third-order valence-electron chi connectivity index (χ3n) is 5.32. The summed E-state index contributed by atoms with van der Waals surface area (Å²) in [6.45, 7) is 11.2. The van der Waals surface area contributed by atoms with Crippen molar-refractivity contribution in [2.24, 2.45) is 4.99 Å². The number of allylic oxidation sites excluding steroid dienone is 2. The van der Waals surface area contributed by atoms with E-state index < -0.39 is 5.54 Å². The molecule has 1 amide bonds. The van der Waals surface area contributed by atoms with E-state index in [0.717, 1.165) is 5.56 Å². The first-order valence-electron chi connectivity index (χ1n) is 9.94. The zero-order chi connectivity index (χ0) is 23.6. The minimum atomic E-state index is -0.821. The summed E-state index contributed by atoms with van der Waals surface area (Å²) in [7, 11) is 3.06. The Labute approximate surface area is 187 Å². The second-order valence-corrected chi connectivity index (χ2v) is 7.88. The van der Waals surface area contributed by atoms with Crippen molar-refractivity contribution in [1.29, 1.82) is 5.26 Å². The molecular formula is C23H26N6O3. The van der Waals surface area contributed by atoms with E-state index in [-0.39, 0.29) is 11.8 Å². The number of nitrogens with zero attached hydrogens (tertiary/aromatic N) is 6. The van der Waals surface area contributed by atoms with Gasteiger partial charge in [-0.3, -0.25) is 14.4 Å². The van der Waals surface area contributed by atoms with Gasteiger partial charge in [0.15, 0.2) is 0 Å². The summed E-state index contributed by atoms with van der Waals surface area (Å²) in [4.78, 5) is 23.7. The molecule has 0 radical (unpaired) electrons. The number of anilines is 1. The van der Waals surface area contributed by atoms with Gasteiger partial charge in [-0.2, -0.15) is 10.4 Å². The maximum absolute atomic E-state index is 13.2. The number of pyridine rings is 1. The standard InChI is InChI=1S/C23H26N6O3/c1-14-8-19(18(15(2)31-6)10-25-16(3)32-7)27-20-12-28(22(30)21(14)20)17-9-26-29(11-17)23(4,5)13-24/h8-11H,3,12H2,1-2,4-7H3/b18-15-,25-10-. The van der Waals surface area contributed by atoms with Crippen LogP contribution in [-0.2, 0) is 21.6 Å². The Balaban J connectivity index is 2.00. The van der Waals surface area contributed by atoms with Crippen molar-refractivity contribution in [3.63, 3.8) is 0 Å². The number of fused-ring (bicyclic) bond motifs is 1. The highest BCUT2D eigenvalue weighted by atomic mass is 16.5. The predicted molar refractivity (Wildman–Crippen MR) is 121 cm³/mol. The quantitative estimate of drug-likeness (QED) is 0.487. The molecule has 0 spiro atoms. The minimum absolute atomic E-state index is 0.152. The Bertz CT molecular complexity index is 1180. The van der Waals surface area contributed by atoms with Crippen LogP contribution in [0.3, 0.4) is 0 Å². The van der Waals surface area contributed by atoms with Crippen LogP contribution in [0.15, 0.2) is 41.7 Å². The molecule has 2 aromatic rings. The summed E-state index contributed by atoms with van der Waals surface area (Å²) in [6, 6.07) is 4.03. The Morgan fingerprint density at radius 1 is 1.38 bits per heavy atom. The number of amides is 1. The van der Waals surface area contributed by atoms with Gasteiger partial charge in [-0.15, -0.1) is 0 Å². The predicted octanol–water partition coefficient (Wildman–Crippen LogP) is 3.57. The molecule has 9 heteroatoms. The lowest BCUT2D eigenvalue weighted by Crippen LogP contribution is -2.25. The van der Waals surface area contributed by atoms with Gasteiger partial charge in [0.1, 0.15) is 11.3 Å². The van der Waals surface area contributed by atoms with Crippen LogP contribution in [0.1, 0.15) is 48.1 Å². The summed E-state index contributed by atoms with van der Waals surface area (Å²) in [5.74, 6) is 0.718. The van der Waals surface area contributed by atoms with Gasteiger partial charge < -0.3 is 9.47 Å². The minimum Gasteiger partial charge on any atom is -0.501 e. The fraction of sp³-hybridized carbons (Fsp3) is 0.348. The number of carbonyl (C=O) groups is 1. The number of rotatable bonds is 7. The van der Waals surface area contributed by atoms with E-state index in [1.54, 1.807) is 49.1 Å². The molecule has 2 aromatic heterocycles. The van der Waals surface area contributed by atoms with Crippen LogP contribution in [0, 0.1) is 18.3 Å². The molecule has 0 aliphatic carbocycles. The first kappa shape index (κ1) is 22.7. The number of methoxy groups -OCH3 is 2. The molecule has 0 saturated heterocycles. The fourth-order valence-electron chi connectivity index (χ4n) is 3.29. The average Bonchev–Trinajstić information content (AvgIpc) is 3.39. The normalized spacial score (nSPS) is 14.3. The largest absolute Gasteiger partial charge is 0.501 e. The van der Waals surface area contributed by atoms with Crippen molar-refractivity contribution in [3.8, 4) is 6.07 Å². The SMILES string of the molecule is C=C(/N=C\C(=C(/C)OC)c1cc(C)c2c(n1)CN(c1cnn(C(C)(C)C#N)c1)C2=O)OC. The van der Waals surface area contributed by atoms with E-state index in [1.165, 1.54) is 7.11 Å². The van der Waals surface area contributed by atoms with Crippen LogP contribution in [0.4, 0.5) is 5.69 Å². The highest BCUT2D eigenvalue weighted by Crippen LogP contribution is 2.32. The third-order valence-corrected chi connectivity index (χ3v) is 5.32. The first-order valence-corrected chi connectivity index (χ1v) is 9.94. The van der Waals surface area contributed by atoms with Gasteiger partial charge in [0.25, 0.3) is 5.91 Å². The van der Waals surface area contributed by atoms with Crippen LogP contribution in [0.25, 0.3) is 5.57 Å². The molecule has 166 valence electrons. The van der Waals surface area contributed by atoms with E-state index in [2.05, 4.69) is 22.7 Å². The van der Waals surface area contributed by atoms with E-state index in [4.69, 9.17) is 14.5 Å². The first-order chi connectivity index (χ1) is 15.1. The number of aryl methyl sites for hydroxylation is 1. The lowest BCUT2D eigenvalue weighted by atomic mass is 10.0. The second-order valence-electron chi connectivity index (χ2n) is 7.88. The van der Waals surface area contributed by atoms with Crippen molar-refractivity contribution in [1.82, 2.24) is 14.8 Å².